The number of hydrogen-bond acceptors (Lipinski definition) is 4. The maximum Gasteiger partial charge on any atom is 0.207 e. The molecule has 2 aliphatic rings. The van der Waals surface area contributed by atoms with E-state index < -0.39 is 5.41 Å². The first-order chi connectivity index (χ1) is 17.6. The van der Waals surface area contributed by atoms with E-state index in [9.17, 15) is 10.1 Å². The SMILES string of the molecule is CCc1cccc(C2CNC(CC(C)(C)C)[C@]2(C#N)c2ccc(Cl)cc2)c1.O=CNCC1(CO)CCC1. The third-order valence-electron chi connectivity index (χ3n) is 8.06. The van der Waals surface area contributed by atoms with Gasteiger partial charge in [-0.05, 0) is 59.9 Å². The standard InChI is InChI=1S/C24H29ClN2.C7H13NO2/c1-5-17-7-6-8-18(13-17)21-15-27-22(14-23(2,3)4)24(21,16-26)19-9-11-20(25)12-10-19;9-5-7(2-1-3-7)4-8-6-10/h6-13,21-22,27H,5,14-15H2,1-4H3;6,9H,1-5H2,(H,8,10)/t21?,22?,24-;/m1./s1. The number of carbonyl (C=O) groups excluding carboxylic acids is 1. The maximum absolute atomic E-state index is 10.5. The number of nitrogens with zero attached hydrogens (tertiary/aromatic N) is 1. The van der Waals surface area contributed by atoms with Crippen molar-refractivity contribution < 1.29 is 9.90 Å². The number of hydrogen-bond donors (Lipinski definition) is 3. The number of rotatable bonds is 8. The van der Waals surface area contributed by atoms with Gasteiger partial charge >= 0.3 is 0 Å². The molecule has 3 N–H and O–H groups in total. The van der Waals surface area contributed by atoms with E-state index in [1.54, 1.807) is 0 Å². The molecule has 2 fully saturated rings. The smallest absolute Gasteiger partial charge is 0.207 e. The molecule has 2 aromatic rings. The Morgan fingerprint density at radius 2 is 1.92 bits per heavy atom. The topological polar surface area (TPSA) is 85.2 Å². The number of nitriles is 1. The van der Waals surface area contributed by atoms with Crippen molar-refractivity contribution in [3.8, 4) is 6.07 Å². The molecule has 0 radical (unpaired) electrons. The van der Waals surface area contributed by atoms with Crippen LogP contribution in [0.3, 0.4) is 0 Å². The highest BCUT2D eigenvalue weighted by Crippen LogP contribution is 2.48. The van der Waals surface area contributed by atoms with E-state index in [-0.39, 0.29) is 29.4 Å². The van der Waals surface area contributed by atoms with Crippen LogP contribution >= 0.6 is 11.6 Å². The number of aliphatic hydroxyl groups is 1. The number of benzene rings is 2. The number of nitrogens with one attached hydrogen (secondary N) is 2. The van der Waals surface area contributed by atoms with Crippen LogP contribution in [0.15, 0.2) is 48.5 Å². The lowest BCUT2D eigenvalue weighted by Gasteiger charge is -2.39. The van der Waals surface area contributed by atoms with Gasteiger partial charge in [-0.2, -0.15) is 5.26 Å². The van der Waals surface area contributed by atoms with Gasteiger partial charge in [0.1, 0.15) is 5.41 Å². The minimum Gasteiger partial charge on any atom is -0.396 e. The minimum atomic E-state index is -0.607. The zero-order valence-electron chi connectivity index (χ0n) is 22.7. The lowest BCUT2D eigenvalue weighted by Crippen LogP contribution is -2.44. The zero-order valence-corrected chi connectivity index (χ0v) is 23.4. The van der Waals surface area contributed by atoms with Gasteiger partial charge in [0.2, 0.25) is 6.41 Å². The van der Waals surface area contributed by atoms with Gasteiger partial charge in [-0.15, -0.1) is 0 Å². The Morgan fingerprint density at radius 3 is 2.43 bits per heavy atom. The summed E-state index contributed by atoms with van der Waals surface area (Å²) >= 11 is 6.14. The Hall–Kier alpha value is -2.39. The van der Waals surface area contributed by atoms with Crippen molar-refractivity contribution in [2.75, 3.05) is 19.7 Å². The summed E-state index contributed by atoms with van der Waals surface area (Å²) in [5, 5.41) is 26.5. The number of carbonyl (C=O) groups is 1. The van der Waals surface area contributed by atoms with Gasteiger partial charge in [-0.3, -0.25) is 4.79 Å². The Morgan fingerprint density at radius 1 is 1.22 bits per heavy atom. The first-order valence-electron chi connectivity index (χ1n) is 13.4. The van der Waals surface area contributed by atoms with E-state index in [1.807, 2.05) is 24.3 Å². The molecule has 1 amide bonds. The highest BCUT2D eigenvalue weighted by atomic mass is 35.5. The molecule has 0 spiro atoms. The fourth-order valence-corrected chi connectivity index (χ4v) is 5.88. The fourth-order valence-electron chi connectivity index (χ4n) is 5.76. The van der Waals surface area contributed by atoms with Crippen LogP contribution in [-0.2, 0) is 16.6 Å². The zero-order chi connectivity index (χ0) is 27.1. The normalized spacial score (nSPS) is 24.2. The molecule has 1 saturated carbocycles. The van der Waals surface area contributed by atoms with Crippen LogP contribution in [0.4, 0.5) is 0 Å². The van der Waals surface area contributed by atoms with Crippen molar-refractivity contribution in [3.63, 3.8) is 0 Å². The molecule has 1 saturated heterocycles. The van der Waals surface area contributed by atoms with Gasteiger partial charge in [0.25, 0.3) is 0 Å². The van der Waals surface area contributed by atoms with Crippen LogP contribution in [0.25, 0.3) is 0 Å². The predicted molar refractivity (Wildman–Crippen MR) is 151 cm³/mol. The molecule has 2 aromatic carbocycles. The van der Waals surface area contributed by atoms with E-state index in [2.05, 4.69) is 68.7 Å². The monoisotopic (exact) mass is 523 g/mol. The van der Waals surface area contributed by atoms with Crippen LogP contribution in [0.2, 0.25) is 5.02 Å². The lowest BCUT2D eigenvalue weighted by molar-refractivity contribution is -0.110. The Bertz CT molecular complexity index is 1060. The van der Waals surface area contributed by atoms with Crippen LogP contribution in [0.5, 0.6) is 0 Å². The maximum atomic E-state index is 10.5. The van der Waals surface area contributed by atoms with Gasteiger partial charge < -0.3 is 15.7 Å². The molecule has 0 aromatic heterocycles. The molecular weight excluding hydrogens is 482 g/mol. The summed E-state index contributed by atoms with van der Waals surface area (Å²) in [5.41, 5.74) is 3.17. The predicted octanol–water partition coefficient (Wildman–Crippen LogP) is 5.75. The van der Waals surface area contributed by atoms with Crippen molar-refractivity contribution in [2.24, 2.45) is 10.8 Å². The third kappa shape index (κ3) is 6.74. The van der Waals surface area contributed by atoms with Gasteiger partial charge in [0.05, 0.1) is 12.7 Å². The first kappa shape index (κ1) is 29.2. The van der Waals surface area contributed by atoms with Crippen LogP contribution in [0.1, 0.15) is 76.0 Å². The van der Waals surface area contributed by atoms with Crippen LogP contribution in [-0.4, -0.2) is 37.3 Å². The molecule has 1 aliphatic heterocycles. The van der Waals surface area contributed by atoms with Crippen molar-refractivity contribution in [3.05, 3.63) is 70.2 Å². The second-order valence-corrected chi connectivity index (χ2v) is 12.3. The minimum absolute atomic E-state index is 0.0287. The molecule has 37 heavy (non-hydrogen) atoms. The largest absolute Gasteiger partial charge is 0.396 e. The van der Waals surface area contributed by atoms with Crippen LogP contribution < -0.4 is 10.6 Å². The summed E-state index contributed by atoms with van der Waals surface area (Å²) in [6, 6.07) is 19.5. The molecular formula is C31H42ClN3O2. The summed E-state index contributed by atoms with van der Waals surface area (Å²) in [6.45, 7) is 10.5. The molecule has 1 heterocycles. The highest BCUT2D eigenvalue weighted by molar-refractivity contribution is 6.30. The molecule has 200 valence electrons. The summed E-state index contributed by atoms with van der Waals surface area (Å²) < 4.78 is 0. The van der Waals surface area contributed by atoms with E-state index in [0.717, 1.165) is 37.8 Å². The molecule has 5 nitrogen and oxygen atoms in total. The first-order valence-corrected chi connectivity index (χ1v) is 13.8. The van der Waals surface area contributed by atoms with Crippen molar-refractivity contribution >= 4 is 18.0 Å². The summed E-state index contributed by atoms with van der Waals surface area (Å²) in [4.78, 5) is 9.91. The van der Waals surface area contributed by atoms with Crippen LogP contribution in [0, 0.1) is 22.2 Å². The summed E-state index contributed by atoms with van der Waals surface area (Å²) in [7, 11) is 0. The number of amides is 1. The molecule has 2 unspecified atom stereocenters. The van der Waals surface area contributed by atoms with Gasteiger partial charge in [-0.25, -0.2) is 0 Å². The second-order valence-electron chi connectivity index (χ2n) is 11.9. The Balaban J connectivity index is 0.000000319. The lowest BCUT2D eigenvalue weighted by atomic mass is 9.64. The summed E-state index contributed by atoms with van der Waals surface area (Å²) in [5.74, 6) is 0.113. The molecule has 6 heteroatoms. The number of aryl methyl sites for hydroxylation is 1. The van der Waals surface area contributed by atoms with E-state index in [4.69, 9.17) is 16.7 Å². The van der Waals surface area contributed by atoms with E-state index >= 15 is 0 Å². The van der Waals surface area contributed by atoms with Crippen molar-refractivity contribution in [1.29, 1.82) is 5.26 Å². The quantitative estimate of drug-likeness (QED) is 0.384. The van der Waals surface area contributed by atoms with Gasteiger partial charge in [-0.1, -0.05) is 82.1 Å². The molecule has 1 aliphatic carbocycles. The molecule has 0 bridgehead atoms. The van der Waals surface area contributed by atoms with Gasteiger partial charge in [0, 0.05) is 35.5 Å². The fraction of sp³-hybridized carbons (Fsp3) is 0.548. The highest BCUT2D eigenvalue weighted by Gasteiger charge is 2.53. The number of aliphatic hydroxyl groups excluding tert-OH is 1. The second kappa shape index (κ2) is 12.4. The molecule has 4 rings (SSSR count). The number of halogens is 1. The average Bonchev–Trinajstić information content (AvgIpc) is 3.22. The van der Waals surface area contributed by atoms with Gasteiger partial charge in [0.15, 0.2) is 0 Å². The van der Waals surface area contributed by atoms with E-state index in [0.29, 0.717) is 18.0 Å². The van der Waals surface area contributed by atoms with Crippen molar-refractivity contribution in [2.45, 2.75) is 77.2 Å². The average molecular weight is 524 g/mol. The summed E-state index contributed by atoms with van der Waals surface area (Å²) in [6.07, 6.45) is 5.90. The third-order valence-corrected chi connectivity index (χ3v) is 8.31. The Labute approximate surface area is 227 Å². The van der Waals surface area contributed by atoms with Crippen molar-refractivity contribution in [1.82, 2.24) is 10.6 Å². The Kier molecular flexibility index (Phi) is 9.80. The molecule has 3 atom stereocenters. The van der Waals surface area contributed by atoms with E-state index in [1.165, 1.54) is 17.5 Å².